The average molecular weight is 373 g/mol. The maximum absolute atomic E-state index is 12.5. The van der Waals surface area contributed by atoms with Gasteiger partial charge in [0.1, 0.15) is 5.75 Å². The third-order valence-electron chi connectivity index (χ3n) is 4.33. The number of fused-ring (bicyclic) bond motifs is 1. The third kappa shape index (κ3) is 4.03. The summed E-state index contributed by atoms with van der Waals surface area (Å²) in [4.78, 5) is 26.1. The van der Waals surface area contributed by atoms with E-state index in [-0.39, 0.29) is 24.6 Å². The van der Waals surface area contributed by atoms with E-state index in [0.29, 0.717) is 30.3 Å². The van der Waals surface area contributed by atoms with Gasteiger partial charge in [-0.15, -0.1) is 0 Å². The Balaban J connectivity index is 1.73. The summed E-state index contributed by atoms with van der Waals surface area (Å²) in [6.45, 7) is 2.75. The molecule has 0 unspecified atom stereocenters. The van der Waals surface area contributed by atoms with Crippen molar-refractivity contribution in [1.29, 1.82) is 0 Å². The summed E-state index contributed by atoms with van der Waals surface area (Å²) in [5.41, 5.74) is 2.03. The van der Waals surface area contributed by atoms with Crippen LogP contribution in [0, 0.1) is 0 Å². The van der Waals surface area contributed by atoms with E-state index in [4.69, 9.17) is 9.47 Å². The minimum absolute atomic E-state index is 0.0253. The van der Waals surface area contributed by atoms with Crippen molar-refractivity contribution in [1.82, 2.24) is 15.1 Å². The van der Waals surface area contributed by atoms with E-state index in [1.165, 1.54) is 0 Å². The molecule has 0 saturated heterocycles. The Morgan fingerprint density at radius 1 is 1.41 bits per heavy atom. The molecular weight excluding hydrogens is 350 g/mol. The molecular formula is C18H23N5O4. The van der Waals surface area contributed by atoms with Crippen molar-refractivity contribution in [2.45, 2.75) is 13.0 Å². The van der Waals surface area contributed by atoms with Gasteiger partial charge in [0.25, 0.3) is 5.91 Å². The summed E-state index contributed by atoms with van der Waals surface area (Å²) in [5, 5.41) is 9.79. The molecule has 27 heavy (non-hydrogen) atoms. The zero-order chi connectivity index (χ0) is 19.4. The van der Waals surface area contributed by atoms with Crippen molar-refractivity contribution < 1.29 is 19.1 Å². The molecule has 1 aliphatic heterocycles. The van der Waals surface area contributed by atoms with E-state index in [1.807, 2.05) is 13.0 Å². The number of anilines is 2. The first kappa shape index (κ1) is 18.7. The number of amides is 3. The van der Waals surface area contributed by atoms with E-state index in [1.54, 1.807) is 48.1 Å². The molecule has 1 atom stereocenters. The van der Waals surface area contributed by atoms with Gasteiger partial charge in [-0.05, 0) is 31.2 Å². The van der Waals surface area contributed by atoms with Gasteiger partial charge in [-0.3, -0.25) is 9.48 Å². The number of ether oxygens (including phenoxy) is 2. The van der Waals surface area contributed by atoms with Gasteiger partial charge in [0, 0.05) is 32.6 Å². The SMILES string of the molecule is CCN1C(=O)COc2ccc(NC(=O)N[C@H](COC)c3ccnn3C)cc21. The second kappa shape index (κ2) is 8.09. The van der Waals surface area contributed by atoms with Gasteiger partial charge >= 0.3 is 6.03 Å². The molecule has 0 spiro atoms. The van der Waals surface area contributed by atoms with E-state index in [2.05, 4.69) is 15.7 Å². The number of rotatable bonds is 6. The standard InChI is InChI=1S/C18H23N5O4/c1-4-23-15-9-12(5-6-16(15)27-11-17(23)24)20-18(25)21-13(10-26-3)14-7-8-19-22(14)2/h5-9,13H,4,10-11H2,1-3H3,(H2,20,21,25)/t13-/m1/s1. The molecule has 2 heterocycles. The topological polar surface area (TPSA) is 97.7 Å². The Labute approximate surface area is 157 Å². The summed E-state index contributed by atoms with van der Waals surface area (Å²) in [6, 6.07) is 6.29. The monoisotopic (exact) mass is 373 g/mol. The highest BCUT2D eigenvalue weighted by Crippen LogP contribution is 2.34. The number of nitrogens with zero attached hydrogens (tertiary/aromatic N) is 3. The lowest BCUT2D eigenvalue weighted by atomic mass is 10.2. The summed E-state index contributed by atoms with van der Waals surface area (Å²) in [5.74, 6) is 0.512. The Morgan fingerprint density at radius 3 is 2.89 bits per heavy atom. The molecule has 1 aliphatic rings. The number of hydrogen-bond donors (Lipinski definition) is 2. The minimum atomic E-state index is -0.385. The van der Waals surface area contributed by atoms with Crippen molar-refractivity contribution in [3.63, 3.8) is 0 Å². The van der Waals surface area contributed by atoms with Crippen LogP contribution in [0.15, 0.2) is 30.5 Å². The van der Waals surface area contributed by atoms with Crippen LogP contribution in [0.3, 0.4) is 0 Å². The lowest BCUT2D eigenvalue weighted by Crippen LogP contribution is -2.38. The van der Waals surface area contributed by atoms with Crippen LogP contribution in [-0.4, -0.2) is 48.6 Å². The number of benzene rings is 1. The van der Waals surface area contributed by atoms with Crippen molar-refractivity contribution in [3.8, 4) is 5.75 Å². The molecule has 1 aromatic heterocycles. The molecule has 0 aliphatic carbocycles. The molecule has 144 valence electrons. The normalized spacial score (nSPS) is 14.3. The molecule has 1 aromatic carbocycles. The molecule has 0 fully saturated rings. The number of aromatic nitrogens is 2. The Kier molecular flexibility index (Phi) is 5.60. The predicted octanol–water partition coefficient (Wildman–Crippen LogP) is 1.67. The first-order valence-electron chi connectivity index (χ1n) is 8.65. The molecule has 2 N–H and O–H groups in total. The fourth-order valence-corrected chi connectivity index (χ4v) is 3.05. The number of methoxy groups -OCH3 is 1. The fraction of sp³-hybridized carbons (Fsp3) is 0.389. The number of likely N-dealkylation sites (N-methyl/N-ethyl adjacent to an activating group) is 1. The Hall–Kier alpha value is -3.07. The third-order valence-corrected chi connectivity index (χ3v) is 4.33. The van der Waals surface area contributed by atoms with Crippen molar-refractivity contribution >= 4 is 23.3 Å². The molecule has 0 radical (unpaired) electrons. The maximum Gasteiger partial charge on any atom is 0.319 e. The van der Waals surface area contributed by atoms with Crippen molar-refractivity contribution in [2.75, 3.05) is 37.1 Å². The minimum Gasteiger partial charge on any atom is -0.482 e. The molecule has 3 rings (SSSR count). The molecule has 0 saturated carbocycles. The van der Waals surface area contributed by atoms with Crippen molar-refractivity contribution in [2.24, 2.45) is 7.05 Å². The van der Waals surface area contributed by atoms with Gasteiger partial charge in [-0.25, -0.2) is 4.79 Å². The number of carbonyl (C=O) groups excluding carboxylic acids is 2. The van der Waals surface area contributed by atoms with Crippen LogP contribution in [-0.2, 0) is 16.6 Å². The first-order valence-corrected chi connectivity index (χ1v) is 8.65. The second-order valence-electron chi connectivity index (χ2n) is 6.10. The molecule has 2 aromatic rings. The average Bonchev–Trinajstić information content (AvgIpc) is 3.07. The van der Waals surface area contributed by atoms with Crippen LogP contribution in [0.1, 0.15) is 18.7 Å². The summed E-state index contributed by atoms with van der Waals surface area (Å²) >= 11 is 0. The summed E-state index contributed by atoms with van der Waals surface area (Å²) < 4.78 is 12.3. The number of aryl methyl sites for hydroxylation is 1. The van der Waals surface area contributed by atoms with E-state index >= 15 is 0 Å². The van der Waals surface area contributed by atoms with Crippen LogP contribution < -0.4 is 20.3 Å². The highest BCUT2D eigenvalue weighted by atomic mass is 16.5. The predicted molar refractivity (Wildman–Crippen MR) is 99.9 cm³/mol. The van der Waals surface area contributed by atoms with Gasteiger partial charge in [-0.2, -0.15) is 5.10 Å². The smallest absolute Gasteiger partial charge is 0.319 e. The number of urea groups is 1. The maximum atomic E-state index is 12.5. The van der Waals surface area contributed by atoms with E-state index in [9.17, 15) is 9.59 Å². The van der Waals surface area contributed by atoms with E-state index in [0.717, 1.165) is 5.69 Å². The molecule has 9 heteroatoms. The zero-order valence-electron chi connectivity index (χ0n) is 15.6. The Bertz CT molecular complexity index is 835. The zero-order valence-corrected chi connectivity index (χ0v) is 15.6. The van der Waals surface area contributed by atoms with Gasteiger partial charge in [0.15, 0.2) is 6.61 Å². The second-order valence-corrected chi connectivity index (χ2v) is 6.10. The number of carbonyl (C=O) groups is 2. The molecule has 9 nitrogen and oxygen atoms in total. The van der Waals surface area contributed by atoms with Crippen molar-refractivity contribution in [3.05, 3.63) is 36.2 Å². The molecule has 3 amide bonds. The lowest BCUT2D eigenvalue weighted by Gasteiger charge is -2.28. The first-order chi connectivity index (χ1) is 13.0. The van der Waals surface area contributed by atoms with Crippen LogP contribution in [0.25, 0.3) is 0 Å². The molecule has 0 bridgehead atoms. The van der Waals surface area contributed by atoms with Crippen LogP contribution in [0.2, 0.25) is 0 Å². The van der Waals surface area contributed by atoms with Crippen LogP contribution in [0.4, 0.5) is 16.2 Å². The summed E-state index contributed by atoms with van der Waals surface area (Å²) in [7, 11) is 3.38. The lowest BCUT2D eigenvalue weighted by molar-refractivity contribution is -0.121. The number of hydrogen-bond acceptors (Lipinski definition) is 5. The summed E-state index contributed by atoms with van der Waals surface area (Å²) in [6.07, 6.45) is 1.66. The Morgan fingerprint density at radius 2 is 2.22 bits per heavy atom. The number of nitrogens with one attached hydrogen (secondary N) is 2. The van der Waals surface area contributed by atoms with E-state index < -0.39 is 0 Å². The highest BCUT2D eigenvalue weighted by molar-refractivity contribution is 5.99. The fourth-order valence-electron chi connectivity index (χ4n) is 3.05. The van der Waals surface area contributed by atoms with Gasteiger partial charge < -0.3 is 25.0 Å². The highest BCUT2D eigenvalue weighted by Gasteiger charge is 2.25. The van der Waals surface area contributed by atoms with Crippen LogP contribution in [0.5, 0.6) is 5.75 Å². The quantitative estimate of drug-likeness (QED) is 0.803. The largest absolute Gasteiger partial charge is 0.482 e. The van der Waals surface area contributed by atoms with Gasteiger partial charge in [-0.1, -0.05) is 0 Å². The van der Waals surface area contributed by atoms with Crippen LogP contribution >= 0.6 is 0 Å². The van der Waals surface area contributed by atoms with Gasteiger partial charge in [0.05, 0.1) is 24.0 Å². The van der Waals surface area contributed by atoms with Gasteiger partial charge in [0.2, 0.25) is 0 Å².